The Labute approximate surface area is 127 Å². The van der Waals surface area contributed by atoms with Crippen molar-refractivity contribution >= 4 is 33.9 Å². The van der Waals surface area contributed by atoms with Crippen LogP contribution in [0.4, 0.5) is 10.7 Å². The van der Waals surface area contributed by atoms with Gasteiger partial charge in [0.1, 0.15) is 15.4 Å². The molecule has 0 aromatic carbocycles. The van der Waals surface area contributed by atoms with Crippen molar-refractivity contribution in [2.75, 3.05) is 18.2 Å². The maximum absolute atomic E-state index is 12.2. The molecule has 2 aliphatic carbocycles. The number of ether oxygens (including phenoxy) is 1. The van der Waals surface area contributed by atoms with Crippen molar-refractivity contribution in [2.24, 2.45) is 5.92 Å². The molecule has 2 fully saturated rings. The highest BCUT2D eigenvalue weighted by Gasteiger charge is 2.36. The second-order valence-corrected chi connectivity index (χ2v) is 6.77. The lowest BCUT2D eigenvalue weighted by atomic mass is 10.2. The van der Waals surface area contributed by atoms with E-state index in [0.29, 0.717) is 21.8 Å². The van der Waals surface area contributed by atoms with Crippen LogP contribution in [0.3, 0.4) is 0 Å². The van der Waals surface area contributed by atoms with Crippen molar-refractivity contribution in [3.8, 4) is 0 Å². The number of methoxy groups -OCH3 is 1. The van der Waals surface area contributed by atoms with Gasteiger partial charge in [-0.2, -0.15) is 0 Å². The van der Waals surface area contributed by atoms with Crippen molar-refractivity contribution in [1.29, 1.82) is 0 Å². The summed E-state index contributed by atoms with van der Waals surface area (Å²) in [5.74, 6) is -0.144. The van der Waals surface area contributed by atoms with Crippen LogP contribution in [0.5, 0.6) is 0 Å². The number of amides is 1. The molecule has 1 aromatic rings. The monoisotopic (exact) mass is 309 g/mol. The number of esters is 1. The van der Waals surface area contributed by atoms with Crippen LogP contribution in [-0.4, -0.2) is 31.1 Å². The summed E-state index contributed by atoms with van der Waals surface area (Å²) in [5.41, 5.74) is 6.51. The van der Waals surface area contributed by atoms with E-state index >= 15 is 0 Å². The number of carbonyl (C=O) groups is 2. The molecule has 1 aromatic heterocycles. The second-order valence-electron chi connectivity index (χ2n) is 5.75. The third-order valence-electron chi connectivity index (χ3n) is 3.88. The highest BCUT2D eigenvalue weighted by atomic mass is 32.1. The molecule has 1 heterocycles. The summed E-state index contributed by atoms with van der Waals surface area (Å²) in [6.45, 7) is 2.13. The van der Waals surface area contributed by atoms with Gasteiger partial charge in [-0.3, -0.25) is 4.79 Å². The van der Waals surface area contributed by atoms with Gasteiger partial charge in [0.15, 0.2) is 0 Å². The number of nitrogens with one attached hydrogen (secondary N) is 2. The van der Waals surface area contributed by atoms with Crippen LogP contribution in [0.15, 0.2) is 0 Å². The van der Waals surface area contributed by atoms with Crippen LogP contribution in [0.25, 0.3) is 0 Å². The molecule has 6 nitrogen and oxygen atoms in total. The van der Waals surface area contributed by atoms with Crippen LogP contribution < -0.4 is 16.4 Å². The highest BCUT2D eigenvalue weighted by Crippen LogP contribution is 2.41. The number of rotatable bonds is 5. The number of nitrogens with two attached hydrogens (primary N) is 1. The lowest BCUT2D eigenvalue weighted by Gasteiger charge is -2.05. The number of hydrogen-bond acceptors (Lipinski definition) is 6. The van der Waals surface area contributed by atoms with E-state index in [9.17, 15) is 9.59 Å². The van der Waals surface area contributed by atoms with Crippen LogP contribution in [0, 0.1) is 5.92 Å². The molecule has 4 N–H and O–H groups in total. The first-order valence-corrected chi connectivity index (χ1v) is 7.91. The quantitative estimate of drug-likeness (QED) is 0.722. The van der Waals surface area contributed by atoms with Crippen molar-refractivity contribution in [3.05, 3.63) is 10.4 Å². The standard InChI is InChI=1S/C14H19N3O3S/c1-6-5-8(6)17-13-9(14(19)20-2)10(15)11(21-13)12(18)16-7-3-4-7/h6-8,17H,3-5,15H2,1-2H3,(H,16,18). The average Bonchev–Trinajstić information content (AvgIpc) is 3.34. The predicted octanol–water partition coefficient (Wildman–Crippen LogP) is 1.83. The zero-order valence-electron chi connectivity index (χ0n) is 12.1. The Hall–Kier alpha value is -1.76. The first-order valence-electron chi connectivity index (χ1n) is 7.09. The summed E-state index contributed by atoms with van der Waals surface area (Å²) in [5, 5.41) is 6.82. The molecule has 114 valence electrons. The van der Waals surface area contributed by atoms with E-state index in [0.717, 1.165) is 19.3 Å². The second kappa shape index (κ2) is 5.22. The summed E-state index contributed by atoms with van der Waals surface area (Å²) >= 11 is 1.23. The Balaban J connectivity index is 1.88. The molecule has 2 atom stereocenters. The van der Waals surface area contributed by atoms with Gasteiger partial charge in [0.05, 0.1) is 12.8 Å². The molecule has 0 saturated heterocycles. The zero-order valence-corrected chi connectivity index (χ0v) is 12.9. The first kappa shape index (κ1) is 14.2. The number of thiophene rings is 1. The fraction of sp³-hybridized carbons (Fsp3) is 0.571. The minimum atomic E-state index is -0.509. The third kappa shape index (κ3) is 2.83. The molecule has 7 heteroatoms. The van der Waals surface area contributed by atoms with Gasteiger partial charge in [0, 0.05) is 12.1 Å². The molecule has 2 unspecified atom stereocenters. The normalized spacial score (nSPS) is 23.5. The summed E-state index contributed by atoms with van der Waals surface area (Å²) in [6, 6.07) is 0.589. The molecule has 0 radical (unpaired) electrons. The molecule has 2 saturated carbocycles. The van der Waals surface area contributed by atoms with Gasteiger partial charge in [-0.05, 0) is 25.2 Å². The fourth-order valence-electron chi connectivity index (χ4n) is 2.19. The van der Waals surface area contributed by atoms with Gasteiger partial charge < -0.3 is 21.1 Å². The molecular weight excluding hydrogens is 290 g/mol. The number of hydrogen-bond donors (Lipinski definition) is 3. The summed E-state index contributed by atoms with van der Waals surface area (Å²) < 4.78 is 4.79. The molecule has 1 amide bonds. The minimum absolute atomic E-state index is 0.206. The number of nitrogen functional groups attached to an aromatic ring is 1. The first-order chi connectivity index (χ1) is 10.0. The van der Waals surface area contributed by atoms with Gasteiger partial charge in [0.25, 0.3) is 5.91 Å². The lowest BCUT2D eigenvalue weighted by Crippen LogP contribution is -2.25. The lowest BCUT2D eigenvalue weighted by molar-refractivity contribution is 0.0603. The molecule has 3 rings (SSSR count). The number of carbonyl (C=O) groups excluding carboxylic acids is 2. The average molecular weight is 309 g/mol. The third-order valence-corrected chi connectivity index (χ3v) is 5.01. The van der Waals surface area contributed by atoms with Crippen molar-refractivity contribution < 1.29 is 14.3 Å². The maximum Gasteiger partial charge on any atom is 0.343 e. The molecule has 21 heavy (non-hydrogen) atoms. The Morgan fingerprint density at radius 1 is 1.38 bits per heavy atom. The van der Waals surface area contributed by atoms with Crippen LogP contribution in [0.1, 0.15) is 46.2 Å². The minimum Gasteiger partial charge on any atom is -0.465 e. The number of anilines is 2. The van der Waals surface area contributed by atoms with E-state index in [2.05, 4.69) is 17.6 Å². The largest absolute Gasteiger partial charge is 0.465 e. The van der Waals surface area contributed by atoms with Gasteiger partial charge >= 0.3 is 5.97 Å². The molecular formula is C14H19N3O3S. The van der Waals surface area contributed by atoms with E-state index in [1.54, 1.807) is 0 Å². The van der Waals surface area contributed by atoms with Gasteiger partial charge in [-0.25, -0.2) is 4.79 Å². The molecule has 0 bridgehead atoms. The Kier molecular flexibility index (Phi) is 3.52. The molecule has 2 aliphatic rings. The van der Waals surface area contributed by atoms with Crippen molar-refractivity contribution in [3.63, 3.8) is 0 Å². The zero-order chi connectivity index (χ0) is 15.1. The van der Waals surface area contributed by atoms with Crippen molar-refractivity contribution in [2.45, 2.75) is 38.3 Å². The van der Waals surface area contributed by atoms with Crippen LogP contribution in [0.2, 0.25) is 0 Å². The predicted molar refractivity (Wildman–Crippen MR) is 81.8 cm³/mol. The van der Waals surface area contributed by atoms with Crippen molar-refractivity contribution in [1.82, 2.24) is 5.32 Å². The SMILES string of the molecule is COC(=O)c1c(NC2CC2C)sc(C(=O)NC2CC2)c1N. The Morgan fingerprint density at radius 2 is 2.05 bits per heavy atom. The Morgan fingerprint density at radius 3 is 2.57 bits per heavy atom. The van der Waals surface area contributed by atoms with Gasteiger partial charge in [-0.15, -0.1) is 11.3 Å². The highest BCUT2D eigenvalue weighted by molar-refractivity contribution is 7.19. The summed E-state index contributed by atoms with van der Waals surface area (Å²) in [4.78, 5) is 24.5. The van der Waals surface area contributed by atoms with Gasteiger partial charge in [0.2, 0.25) is 0 Å². The van der Waals surface area contributed by atoms with E-state index in [-0.39, 0.29) is 23.2 Å². The topological polar surface area (TPSA) is 93.4 Å². The van der Waals surface area contributed by atoms with Crippen LogP contribution in [-0.2, 0) is 4.74 Å². The summed E-state index contributed by atoms with van der Waals surface area (Å²) in [6.07, 6.45) is 3.07. The van der Waals surface area contributed by atoms with E-state index in [1.165, 1.54) is 18.4 Å². The fourth-order valence-corrected chi connectivity index (χ4v) is 3.26. The van der Waals surface area contributed by atoms with E-state index < -0.39 is 5.97 Å². The maximum atomic E-state index is 12.2. The van der Waals surface area contributed by atoms with E-state index in [1.807, 2.05) is 0 Å². The summed E-state index contributed by atoms with van der Waals surface area (Å²) in [7, 11) is 1.31. The van der Waals surface area contributed by atoms with Gasteiger partial charge in [-0.1, -0.05) is 6.92 Å². The smallest absolute Gasteiger partial charge is 0.343 e. The van der Waals surface area contributed by atoms with E-state index in [4.69, 9.17) is 10.5 Å². The molecule has 0 spiro atoms. The Bertz CT molecular complexity index is 595. The van der Waals surface area contributed by atoms with Crippen LogP contribution >= 0.6 is 11.3 Å². The molecule has 0 aliphatic heterocycles.